The molecule has 5 nitrogen and oxygen atoms in total. The minimum Gasteiger partial charge on any atom is -0.396 e. The highest BCUT2D eigenvalue weighted by Gasteiger charge is 2.14. The molecule has 5 heteroatoms. The number of piperidine rings is 1. The van der Waals surface area contributed by atoms with Crippen LogP contribution < -0.4 is 10.6 Å². The molecule has 116 valence electrons. The van der Waals surface area contributed by atoms with Gasteiger partial charge in [0, 0.05) is 12.3 Å². The van der Waals surface area contributed by atoms with Crippen molar-refractivity contribution in [1.82, 2.24) is 5.32 Å². The molecule has 1 aliphatic rings. The number of aliphatic hydroxyl groups is 1. The number of anilines is 1. The number of carbonyl (C=O) groups excluding carboxylic acids is 1. The summed E-state index contributed by atoms with van der Waals surface area (Å²) in [5.74, 6) is -0.118. The van der Waals surface area contributed by atoms with Crippen molar-refractivity contribution in [2.24, 2.45) is 0 Å². The molecule has 21 heavy (non-hydrogen) atoms. The third-order valence-corrected chi connectivity index (χ3v) is 3.57. The van der Waals surface area contributed by atoms with E-state index < -0.39 is 0 Å². The van der Waals surface area contributed by atoms with E-state index in [9.17, 15) is 4.79 Å². The smallest absolute Gasteiger partial charge is 0.250 e. The summed E-state index contributed by atoms with van der Waals surface area (Å²) in [6, 6.07) is 7.72. The molecule has 0 bridgehead atoms. The van der Waals surface area contributed by atoms with Crippen molar-refractivity contribution < 1.29 is 14.6 Å². The van der Waals surface area contributed by atoms with Gasteiger partial charge in [-0.05, 0) is 56.5 Å². The van der Waals surface area contributed by atoms with Crippen molar-refractivity contribution in [3.8, 4) is 0 Å². The van der Waals surface area contributed by atoms with E-state index in [1.165, 1.54) is 0 Å². The Kier molecular flexibility index (Phi) is 6.66. The average Bonchev–Trinajstić information content (AvgIpc) is 2.52. The van der Waals surface area contributed by atoms with E-state index in [1.54, 1.807) is 0 Å². The third-order valence-electron chi connectivity index (χ3n) is 3.57. The Balaban J connectivity index is 1.76. The minimum atomic E-state index is -0.118. The molecular formula is C16H24N2O3. The van der Waals surface area contributed by atoms with Gasteiger partial charge in [-0.2, -0.15) is 0 Å². The van der Waals surface area contributed by atoms with Gasteiger partial charge in [0.15, 0.2) is 0 Å². The molecule has 0 atom stereocenters. The van der Waals surface area contributed by atoms with Crippen molar-refractivity contribution in [2.75, 3.05) is 31.6 Å². The van der Waals surface area contributed by atoms with Crippen molar-refractivity contribution in [3.05, 3.63) is 29.8 Å². The number of amides is 1. The first-order valence-electron chi connectivity index (χ1n) is 7.60. The molecule has 1 saturated heterocycles. The maximum atomic E-state index is 11.9. The molecule has 1 heterocycles. The molecule has 1 aromatic carbocycles. The zero-order valence-electron chi connectivity index (χ0n) is 12.3. The molecule has 1 amide bonds. The number of hydrogen-bond donors (Lipinski definition) is 3. The van der Waals surface area contributed by atoms with Crippen LogP contribution in [0.1, 0.15) is 24.8 Å². The zero-order chi connectivity index (χ0) is 14.9. The largest absolute Gasteiger partial charge is 0.396 e. The topological polar surface area (TPSA) is 70.6 Å². The first kappa shape index (κ1) is 15.9. The summed E-state index contributed by atoms with van der Waals surface area (Å²) in [6.07, 6.45) is 3.66. The van der Waals surface area contributed by atoms with Gasteiger partial charge in [0.25, 0.3) is 0 Å². The van der Waals surface area contributed by atoms with Crippen molar-refractivity contribution in [3.63, 3.8) is 0 Å². The molecule has 0 saturated carbocycles. The fraction of sp³-hybridized carbons (Fsp3) is 0.562. The van der Waals surface area contributed by atoms with Gasteiger partial charge >= 0.3 is 0 Å². The molecule has 0 aromatic heterocycles. The van der Waals surface area contributed by atoms with E-state index in [1.807, 2.05) is 24.3 Å². The van der Waals surface area contributed by atoms with Crippen molar-refractivity contribution in [2.45, 2.75) is 31.8 Å². The van der Waals surface area contributed by atoms with Crippen LogP contribution in [0.2, 0.25) is 0 Å². The lowest BCUT2D eigenvalue weighted by atomic mass is 10.1. The van der Waals surface area contributed by atoms with E-state index in [4.69, 9.17) is 9.84 Å². The van der Waals surface area contributed by atoms with Gasteiger partial charge in [-0.3, -0.25) is 4.79 Å². The lowest BCUT2D eigenvalue weighted by Crippen LogP contribution is -2.34. The number of nitrogens with one attached hydrogen (secondary N) is 2. The van der Waals surface area contributed by atoms with Gasteiger partial charge in [-0.15, -0.1) is 0 Å². The van der Waals surface area contributed by atoms with Gasteiger partial charge in [0.05, 0.1) is 6.10 Å². The number of ether oxygens (including phenoxy) is 1. The second kappa shape index (κ2) is 8.77. The van der Waals surface area contributed by atoms with Gasteiger partial charge in [-0.1, -0.05) is 12.1 Å². The van der Waals surface area contributed by atoms with E-state index >= 15 is 0 Å². The number of hydrogen-bond acceptors (Lipinski definition) is 4. The monoisotopic (exact) mass is 292 g/mol. The first-order chi connectivity index (χ1) is 10.3. The van der Waals surface area contributed by atoms with Crippen LogP contribution in [0.15, 0.2) is 24.3 Å². The maximum Gasteiger partial charge on any atom is 0.250 e. The van der Waals surface area contributed by atoms with Gasteiger partial charge < -0.3 is 20.5 Å². The van der Waals surface area contributed by atoms with Crippen LogP contribution >= 0.6 is 0 Å². The molecule has 3 N–H and O–H groups in total. The normalized spacial score (nSPS) is 15.9. The second-order valence-electron chi connectivity index (χ2n) is 5.34. The number of rotatable bonds is 7. The quantitative estimate of drug-likeness (QED) is 0.709. The van der Waals surface area contributed by atoms with Crippen LogP contribution in [0.25, 0.3) is 0 Å². The van der Waals surface area contributed by atoms with Crippen LogP contribution in [-0.4, -0.2) is 43.4 Å². The fourth-order valence-corrected chi connectivity index (χ4v) is 2.44. The zero-order valence-corrected chi connectivity index (χ0v) is 12.3. The Morgan fingerprint density at radius 1 is 1.38 bits per heavy atom. The Hall–Kier alpha value is -1.43. The van der Waals surface area contributed by atoms with Crippen LogP contribution in [-0.2, 0) is 16.0 Å². The second-order valence-corrected chi connectivity index (χ2v) is 5.34. The lowest BCUT2D eigenvalue weighted by Gasteiger charge is -2.22. The van der Waals surface area contributed by atoms with E-state index in [0.717, 1.165) is 50.0 Å². The third kappa shape index (κ3) is 5.83. The molecule has 2 rings (SSSR count). The van der Waals surface area contributed by atoms with E-state index in [-0.39, 0.29) is 25.2 Å². The molecule has 1 aliphatic heterocycles. The summed E-state index contributed by atoms with van der Waals surface area (Å²) in [6.45, 7) is 2.20. The summed E-state index contributed by atoms with van der Waals surface area (Å²) in [5.41, 5.74) is 1.89. The Morgan fingerprint density at radius 2 is 2.19 bits per heavy atom. The predicted molar refractivity (Wildman–Crippen MR) is 82.3 cm³/mol. The molecule has 0 spiro atoms. The summed E-state index contributed by atoms with van der Waals surface area (Å²) in [5, 5.41) is 15.0. The Labute approximate surface area is 125 Å². The standard InChI is InChI=1S/C16H24N2O3/c19-10-2-4-13-3-1-5-14(11-13)18-16(20)12-21-15-6-8-17-9-7-15/h1,3,5,11,15,17,19H,2,4,6-10,12H2,(H,18,20). The summed E-state index contributed by atoms with van der Waals surface area (Å²) < 4.78 is 5.63. The Morgan fingerprint density at radius 3 is 2.95 bits per heavy atom. The highest BCUT2D eigenvalue weighted by molar-refractivity contribution is 5.91. The molecule has 1 fully saturated rings. The van der Waals surface area contributed by atoms with Crippen LogP contribution in [0.3, 0.4) is 0 Å². The molecular weight excluding hydrogens is 268 g/mol. The van der Waals surface area contributed by atoms with Crippen LogP contribution in [0.5, 0.6) is 0 Å². The van der Waals surface area contributed by atoms with E-state index in [0.29, 0.717) is 0 Å². The van der Waals surface area contributed by atoms with E-state index in [2.05, 4.69) is 10.6 Å². The van der Waals surface area contributed by atoms with Crippen molar-refractivity contribution >= 4 is 11.6 Å². The highest BCUT2D eigenvalue weighted by atomic mass is 16.5. The van der Waals surface area contributed by atoms with Crippen molar-refractivity contribution in [1.29, 1.82) is 0 Å². The fourth-order valence-electron chi connectivity index (χ4n) is 2.44. The maximum absolute atomic E-state index is 11.9. The highest BCUT2D eigenvalue weighted by Crippen LogP contribution is 2.13. The van der Waals surface area contributed by atoms with Gasteiger partial charge in [0.2, 0.25) is 5.91 Å². The number of carbonyl (C=O) groups is 1. The van der Waals surface area contributed by atoms with Gasteiger partial charge in [0.1, 0.15) is 6.61 Å². The predicted octanol–water partition coefficient (Wildman–Crippen LogP) is 1.32. The Bertz CT molecular complexity index is 445. The molecule has 0 unspecified atom stereocenters. The lowest BCUT2D eigenvalue weighted by molar-refractivity contribution is -0.123. The SMILES string of the molecule is O=C(COC1CCNCC1)Nc1cccc(CCCO)c1. The molecule has 1 aromatic rings. The first-order valence-corrected chi connectivity index (χ1v) is 7.60. The number of benzene rings is 1. The summed E-state index contributed by atoms with van der Waals surface area (Å²) in [7, 11) is 0. The summed E-state index contributed by atoms with van der Waals surface area (Å²) >= 11 is 0. The van der Waals surface area contributed by atoms with Crippen LogP contribution in [0, 0.1) is 0 Å². The number of aryl methyl sites for hydroxylation is 1. The molecule has 0 radical (unpaired) electrons. The van der Waals surface area contributed by atoms with Crippen LogP contribution in [0.4, 0.5) is 5.69 Å². The minimum absolute atomic E-state index is 0.103. The number of aliphatic hydroxyl groups excluding tert-OH is 1. The molecule has 0 aliphatic carbocycles. The summed E-state index contributed by atoms with van der Waals surface area (Å²) in [4.78, 5) is 11.9. The average molecular weight is 292 g/mol. The van der Waals surface area contributed by atoms with Gasteiger partial charge in [-0.25, -0.2) is 0 Å².